The largest absolute Gasteiger partial charge is 0.481 e. The number of aromatic carboxylic acids is 1. The maximum absolute atomic E-state index is 13.8. The van der Waals surface area contributed by atoms with Crippen molar-refractivity contribution in [3.8, 4) is 0 Å². The molecule has 0 aliphatic carbocycles. The van der Waals surface area contributed by atoms with Crippen LogP contribution in [-0.4, -0.2) is 90.0 Å². The minimum absolute atomic E-state index is 0.00742. The van der Waals surface area contributed by atoms with Gasteiger partial charge in [0.1, 0.15) is 30.9 Å². The van der Waals surface area contributed by atoms with Gasteiger partial charge in [0.25, 0.3) is 11.4 Å². The van der Waals surface area contributed by atoms with Crippen molar-refractivity contribution in [2.75, 3.05) is 11.9 Å². The Bertz CT molecular complexity index is 2090. The molecule has 0 spiro atoms. The van der Waals surface area contributed by atoms with E-state index >= 15 is 0 Å². The molecule has 5 rings (SSSR count). The number of aliphatic hydroxyl groups excluding tert-OH is 1. The number of esters is 1. The molecule has 0 aromatic heterocycles. The average molecular weight is 808 g/mol. The minimum atomic E-state index is -1.37. The average Bonchev–Trinajstić information content (AvgIpc) is 3.74. The summed E-state index contributed by atoms with van der Waals surface area (Å²) in [6.07, 6.45) is -2.26. The summed E-state index contributed by atoms with van der Waals surface area (Å²) in [5.41, 5.74) is 0.470. The maximum atomic E-state index is 13.8. The fourth-order valence-electron chi connectivity index (χ4n) is 6.49. The van der Waals surface area contributed by atoms with E-state index in [0.29, 0.717) is 16.0 Å². The Morgan fingerprint density at radius 3 is 2.04 bits per heavy atom. The Morgan fingerprint density at radius 1 is 0.930 bits per heavy atom. The molecule has 20 heteroatoms. The number of nitro benzene ring substituents is 2. The number of benzene rings is 3. The normalized spacial score (nSPS) is 19.9. The lowest BCUT2D eigenvalue weighted by molar-refractivity contribution is -0.385. The monoisotopic (exact) mass is 807 g/mol. The van der Waals surface area contributed by atoms with Crippen LogP contribution in [0.1, 0.15) is 41.8 Å². The molecule has 3 aromatic carbocycles. The summed E-state index contributed by atoms with van der Waals surface area (Å²) < 4.78 is 11.0. The summed E-state index contributed by atoms with van der Waals surface area (Å²) in [6.45, 7) is 2.26. The lowest BCUT2D eigenvalue weighted by Gasteiger charge is -2.27. The summed E-state index contributed by atoms with van der Waals surface area (Å²) in [4.78, 5) is 87.3. The van der Waals surface area contributed by atoms with Gasteiger partial charge in [-0.05, 0) is 66.9 Å². The van der Waals surface area contributed by atoms with Crippen molar-refractivity contribution in [3.05, 3.63) is 120 Å². The second-order valence-corrected chi connectivity index (χ2v) is 14.6. The number of anilines is 1. The predicted octanol–water partition coefficient (Wildman–Crippen LogP) is 4.30. The van der Waals surface area contributed by atoms with Crippen molar-refractivity contribution in [2.24, 2.45) is 11.8 Å². The number of non-ortho nitro benzene ring substituents is 2. The van der Waals surface area contributed by atoms with Crippen LogP contribution in [-0.2, 0) is 37.1 Å². The van der Waals surface area contributed by atoms with Gasteiger partial charge in [-0.2, -0.15) is 0 Å². The first kappa shape index (κ1) is 41.6. The van der Waals surface area contributed by atoms with Crippen LogP contribution in [0.4, 0.5) is 21.9 Å². The fraction of sp³-hybridized carbons (Fsp3) is 0.324. The highest BCUT2D eigenvalue weighted by Gasteiger charge is 2.47. The number of carbonyl (C=O) groups is 5. The van der Waals surface area contributed by atoms with E-state index in [2.05, 4.69) is 10.6 Å². The number of hydrogen-bond donors (Lipinski definition) is 5. The standard InChI is InChI=1S/C37H37N5O14S/c1-19-30(29(20(2)43)35(47)48)39-31(36(49)55-17-21-6-10-25(11-7-21)41(51)52)32(19)57-27-15-28(33(44)38-24-5-3-4-23(14-24)34(45)46)40(16-27)37(50)56-18-22-8-12-26(13-9-22)42(53)54/h3-14,19-20,27-30,39,43H,15-18H2,1-2H3,(H,38,44)(H,45,46)(H,47,48)/t19-,20-,27+,28+,29-,30-/m1/s1. The van der Waals surface area contributed by atoms with Gasteiger partial charge in [-0.3, -0.25) is 34.7 Å². The summed E-state index contributed by atoms with van der Waals surface area (Å²) in [7, 11) is 0. The van der Waals surface area contributed by atoms with Crippen LogP contribution in [0.15, 0.2) is 83.4 Å². The lowest BCUT2D eigenvalue weighted by atomic mass is 9.87. The van der Waals surface area contributed by atoms with Crippen LogP contribution in [0.25, 0.3) is 0 Å². The Kier molecular flexibility index (Phi) is 13.1. The zero-order valence-electron chi connectivity index (χ0n) is 30.3. The number of carboxylic acid groups (broad SMARTS) is 2. The second-order valence-electron chi connectivity index (χ2n) is 13.3. The molecule has 1 saturated heterocycles. The van der Waals surface area contributed by atoms with Crippen molar-refractivity contribution in [3.63, 3.8) is 0 Å². The molecule has 2 aliphatic heterocycles. The number of rotatable bonds is 15. The van der Waals surface area contributed by atoms with E-state index in [1.165, 1.54) is 79.7 Å². The van der Waals surface area contributed by atoms with Gasteiger partial charge in [0.2, 0.25) is 5.91 Å². The number of ether oxygens (including phenoxy) is 2. The Hall–Kier alpha value is -6.54. The van der Waals surface area contributed by atoms with E-state index in [0.717, 1.165) is 16.7 Å². The van der Waals surface area contributed by atoms with Gasteiger partial charge in [0.15, 0.2) is 0 Å². The van der Waals surface area contributed by atoms with E-state index in [9.17, 15) is 59.5 Å². The lowest BCUT2D eigenvalue weighted by Crippen LogP contribution is -2.46. The zero-order valence-corrected chi connectivity index (χ0v) is 31.1. The van der Waals surface area contributed by atoms with Crippen LogP contribution in [0.2, 0.25) is 0 Å². The third-order valence-electron chi connectivity index (χ3n) is 9.40. The number of nitro groups is 2. The number of hydrogen-bond acceptors (Lipinski definition) is 14. The third kappa shape index (κ3) is 10.0. The molecule has 1 fully saturated rings. The van der Waals surface area contributed by atoms with Gasteiger partial charge < -0.3 is 35.4 Å². The predicted molar refractivity (Wildman–Crippen MR) is 201 cm³/mol. The molecular weight excluding hydrogens is 770 g/mol. The molecule has 2 amide bonds. The Balaban J connectivity index is 1.41. The van der Waals surface area contributed by atoms with Crippen LogP contribution < -0.4 is 10.6 Å². The van der Waals surface area contributed by atoms with Gasteiger partial charge in [-0.15, -0.1) is 11.8 Å². The van der Waals surface area contributed by atoms with Crippen molar-refractivity contribution < 1.29 is 58.6 Å². The molecule has 19 nitrogen and oxygen atoms in total. The van der Waals surface area contributed by atoms with Crippen molar-refractivity contribution in [2.45, 2.75) is 56.9 Å². The highest BCUT2D eigenvalue weighted by Crippen LogP contribution is 2.43. The number of carbonyl (C=O) groups excluding carboxylic acids is 3. The molecule has 0 radical (unpaired) electrons. The highest BCUT2D eigenvalue weighted by molar-refractivity contribution is 8.03. The first-order chi connectivity index (χ1) is 27.0. The highest BCUT2D eigenvalue weighted by atomic mass is 32.2. The van der Waals surface area contributed by atoms with Gasteiger partial charge in [0.05, 0.1) is 21.5 Å². The molecule has 2 aliphatic rings. The molecule has 6 atom stereocenters. The number of aliphatic hydroxyl groups is 1. The van der Waals surface area contributed by atoms with Gasteiger partial charge >= 0.3 is 24.0 Å². The van der Waals surface area contributed by atoms with Gasteiger partial charge in [-0.25, -0.2) is 14.4 Å². The van der Waals surface area contributed by atoms with Crippen LogP contribution >= 0.6 is 11.8 Å². The molecular formula is C37H37N5O14S. The SMILES string of the molecule is C[C@@H](O)[C@@H](C(=O)O)[C@@H]1NC(C(=O)OCc2ccc([N+](=O)[O-])cc2)=C(S[C@H]2C[C@@H](C(=O)Nc3cccc(C(=O)O)c3)N(C(=O)OCc3ccc([N+](=O)[O-])cc3)C2)[C@@H]1C. The first-order valence-electron chi connectivity index (χ1n) is 17.3. The maximum Gasteiger partial charge on any atom is 0.410 e. The van der Waals surface area contributed by atoms with Gasteiger partial charge in [-0.1, -0.05) is 13.0 Å². The number of thioether (sulfide) groups is 1. The van der Waals surface area contributed by atoms with Crippen molar-refractivity contribution >= 4 is 58.7 Å². The van der Waals surface area contributed by atoms with E-state index in [4.69, 9.17) is 9.47 Å². The fourth-order valence-corrected chi connectivity index (χ4v) is 7.98. The summed E-state index contributed by atoms with van der Waals surface area (Å²) >= 11 is 1.10. The number of likely N-dealkylation sites (tertiary alicyclic amines) is 1. The van der Waals surface area contributed by atoms with Crippen molar-refractivity contribution in [1.29, 1.82) is 0 Å². The summed E-state index contributed by atoms with van der Waals surface area (Å²) in [6, 6.07) is 13.9. The molecule has 5 N–H and O–H groups in total. The Morgan fingerprint density at radius 2 is 1.51 bits per heavy atom. The van der Waals surface area contributed by atoms with E-state index in [1.54, 1.807) is 6.92 Å². The summed E-state index contributed by atoms with van der Waals surface area (Å²) in [5.74, 6) is -6.20. The summed E-state index contributed by atoms with van der Waals surface area (Å²) in [5, 5.41) is 56.9. The molecule has 3 aromatic rings. The molecule has 300 valence electrons. The van der Waals surface area contributed by atoms with E-state index in [1.807, 2.05) is 0 Å². The molecule has 57 heavy (non-hydrogen) atoms. The van der Waals surface area contributed by atoms with Crippen molar-refractivity contribution in [1.82, 2.24) is 10.2 Å². The molecule has 0 unspecified atom stereocenters. The Labute approximate surface area is 327 Å². The number of nitrogens with zero attached hydrogens (tertiary/aromatic N) is 3. The van der Waals surface area contributed by atoms with Crippen LogP contribution in [0.3, 0.4) is 0 Å². The van der Waals surface area contributed by atoms with E-state index < -0.39 is 75.0 Å². The number of nitrogens with one attached hydrogen (secondary N) is 2. The molecule has 2 heterocycles. The van der Waals surface area contributed by atoms with Crippen LogP contribution in [0, 0.1) is 32.1 Å². The minimum Gasteiger partial charge on any atom is -0.481 e. The zero-order chi connectivity index (χ0) is 41.6. The van der Waals surface area contributed by atoms with E-state index in [-0.39, 0.29) is 54.5 Å². The second kappa shape index (κ2) is 17.9. The molecule has 0 bridgehead atoms. The number of aliphatic carboxylic acids is 1. The smallest absolute Gasteiger partial charge is 0.410 e. The quantitative estimate of drug-likeness (QED) is 0.0813. The topological polar surface area (TPSA) is 278 Å². The first-order valence-corrected chi connectivity index (χ1v) is 18.2. The number of carboxylic acids is 2. The number of amides is 2. The molecule has 0 saturated carbocycles. The van der Waals surface area contributed by atoms with Crippen LogP contribution in [0.5, 0.6) is 0 Å². The third-order valence-corrected chi connectivity index (χ3v) is 10.9. The van der Waals surface area contributed by atoms with Gasteiger partial charge in [0, 0.05) is 58.6 Å².